The molecule has 1 saturated heterocycles. The van der Waals surface area contributed by atoms with E-state index in [1.165, 1.54) is 24.3 Å². The van der Waals surface area contributed by atoms with Crippen LogP contribution in [0.4, 0.5) is 14.0 Å². The summed E-state index contributed by atoms with van der Waals surface area (Å²) < 4.78 is 51.9. The summed E-state index contributed by atoms with van der Waals surface area (Å²) in [7, 11) is -4.47. The normalized spacial score (nSPS) is 14.8. The largest absolute Gasteiger partial charge is 0.445 e. The number of nitrogens with zero attached hydrogens (tertiary/aromatic N) is 1. The molecule has 0 aliphatic carbocycles. The third-order valence-corrected chi connectivity index (χ3v) is 9.13. The number of carbonyl (C=O) groups is 3. The van der Waals surface area contributed by atoms with Crippen molar-refractivity contribution in [3.63, 3.8) is 0 Å². The molecular weight excluding hydrogens is 639 g/mol. The Kier molecular flexibility index (Phi) is 13.9. The van der Waals surface area contributed by atoms with E-state index in [4.69, 9.17) is 9.47 Å². The number of unbranched alkanes of at least 4 members (excludes halogenated alkanes) is 1. The molecule has 0 spiro atoms. The summed E-state index contributed by atoms with van der Waals surface area (Å²) in [6.07, 6.45) is 1.42. The highest BCUT2D eigenvalue weighted by molar-refractivity contribution is 7.95. The summed E-state index contributed by atoms with van der Waals surface area (Å²) in [6, 6.07) is 23.0. The Balaban J connectivity index is 1.43. The number of ether oxygens (including phenoxy) is 2. The van der Waals surface area contributed by atoms with Gasteiger partial charge in [-0.3, -0.25) is 4.79 Å². The first-order valence-electron chi connectivity index (χ1n) is 15.8. The summed E-state index contributed by atoms with van der Waals surface area (Å²) in [5.74, 6) is -0.603. The Morgan fingerprint density at radius 1 is 0.854 bits per heavy atom. The lowest BCUT2D eigenvalue weighted by Gasteiger charge is -2.29. The maximum absolute atomic E-state index is 15.4. The number of benzene rings is 3. The molecule has 3 N–H and O–H groups in total. The van der Waals surface area contributed by atoms with Gasteiger partial charge in [-0.15, -0.1) is 0 Å². The smallest absolute Gasteiger partial charge is 0.407 e. The lowest BCUT2D eigenvalue weighted by molar-refractivity contribution is -0.123. The number of sulfone groups is 1. The van der Waals surface area contributed by atoms with Gasteiger partial charge < -0.3 is 30.3 Å². The van der Waals surface area contributed by atoms with Crippen LogP contribution in [0.2, 0.25) is 0 Å². The summed E-state index contributed by atoms with van der Waals surface area (Å²) in [6.45, 7) is 1.86. The predicted octanol–water partition coefficient (Wildman–Crippen LogP) is 4.51. The van der Waals surface area contributed by atoms with Crippen LogP contribution in [0.1, 0.15) is 30.4 Å². The third-order valence-electron chi connectivity index (χ3n) is 7.59. The zero-order valence-electron chi connectivity index (χ0n) is 26.6. The molecule has 0 saturated carbocycles. The molecule has 0 aromatic heterocycles. The fourth-order valence-corrected chi connectivity index (χ4v) is 6.04. The lowest BCUT2D eigenvalue weighted by Crippen LogP contribution is -2.55. The van der Waals surface area contributed by atoms with E-state index in [1.807, 2.05) is 60.7 Å². The fraction of sp³-hybridized carbons (Fsp3) is 0.343. The molecule has 2 atom stereocenters. The Bertz CT molecular complexity index is 1600. The number of carbonyl (C=O) groups excluding carboxylic acids is 3. The Labute approximate surface area is 280 Å². The molecule has 0 radical (unpaired) electrons. The first-order valence-corrected chi connectivity index (χ1v) is 17.3. The van der Waals surface area contributed by atoms with E-state index in [1.54, 1.807) is 11.0 Å². The molecule has 4 amide bonds. The van der Waals surface area contributed by atoms with Gasteiger partial charge in [0.2, 0.25) is 20.9 Å². The van der Waals surface area contributed by atoms with E-state index in [0.29, 0.717) is 39.1 Å². The Hall–Kier alpha value is -4.75. The van der Waals surface area contributed by atoms with Crippen LogP contribution in [0, 0.1) is 0 Å². The van der Waals surface area contributed by atoms with Crippen molar-refractivity contribution < 1.29 is 36.7 Å². The zero-order chi connectivity index (χ0) is 34.2. The average molecular weight is 681 g/mol. The highest BCUT2D eigenvalue weighted by atomic mass is 32.2. The SMILES string of the molecule is O=C(NCCCC[C@@H](/C=C(/F)S(=O)(=O)c1ccccc1)NC(=O)C(Cc1ccccc1)NC(=O)N1CCOCC1)OCc1ccccc1. The van der Waals surface area contributed by atoms with Crippen molar-refractivity contribution in [2.75, 3.05) is 32.8 Å². The van der Waals surface area contributed by atoms with Crippen LogP contribution in [0.25, 0.3) is 0 Å². The van der Waals surface area contributed by atoms with Crippen LogP contribution < -0.4 is 16.0 Å². The Morgan fingerprint density at radius 2 is 1.46 bits per heavy atom. The molecule has 1 heterocycles. The average Bonchev–Trinajstić information content (AvgIpc) is 3.11. The van der Waals surface area contributed by atoms with Crippen LogP contribution in [0.15, 0.2) is 107 Å². The maximum Gasteiger partial charge on any atom is 0.407 e. The van der Waals surface area contributed by atoms with Crippen LogP contribution in [0.3, 0.4) is 0 Å². The predicted molar refractivity (Wildman–Crippen MR) is 178 cm³/mol. The summed E-state index contributed by atoms with van der Waals surface area (Å²) in [5.41, 5.74) is 1.63. The number of halogens is 1. The standard InChI is InChI=1S/C35H41FN4O7S/c36-32(48(44,45)30-17-8-3-9-18-30)25-29(16-10-11-19-37-35(43)47-26-28-14-6-2-7-15-28)38-33(41)31(24-27-12-4-1-5-13-27)39-34(42)40-20-22-46-23-21-40/h1-9,12-15,17-18,25,29,31H,10-11,16,19-24,26H2,(H,37,43)(H,38,41)(H,39,42)/b32-25-/t29-,31?/m0/s1. The van der Waals surface area contributed by atoms with E-state index in [-0.39, 0.29) is 30.9 Å². The van der Waals surface area contributed by atoms with Crippen molar-refractivity contribution >= 4 is 27.9 Å². The van der Waals surface area contributed by atoms with E-state index in [0.717, 1.165) is 17.2 Å². The van der Waals surface area contributed by atoms with Crippen LogP contribution in [-0.2, 0) is 37.1 Å². The van der Waals surface area contributed by atoms with E-state index >= 15 is 4.39 Å². The van der Waals surface area contributed by atoms with Gasteiger partial charge in [0.1, 0.15) is 12.6 Å². The number of hydrogen-bond acceptors (Lipinski definition) is 7. The number of nitrogens with one attached hydrogen (secondary N) is 3. The Morgan fingerprint density at radius 3 is 2.10 bits per heavy atom. The van der Waals surface area contributed by atoms with Crippen LogP contribution in [0.5, 0.6) is 0 Å². The number of alkyl carbamates (subject to hydrolysis) is 1. The summed E-state index contributed by atoms with van der Waals surface area (Å²) >= 11 is 0. The number of urea groups is 1. The minimum Gasteiger partial charge on any atom is -0.445 e. The first-order chi connectivity index (χ1) is 23.2. The highest BCUT2D eigenvalue weighted by Gasteiger charge is 2.28. The molecular formula is C35H41FN4O7S. The highest BCUT2D eigenvalue weighted by Crippen LogP contribution is 2.21. The van der Waals surface area contributed by atoms with Crippen LogP contribution >= 0.6 is 0 Å². The lowest BCUT2D eigenvalue weighted by atomic mass is 10.0. The molecule has 48 heavy (non-hydrogen) atoms. The van der Waals surface area contributed by atoms with Gasteiger partial charge in [0.05, 0.1) is 24.2 Å². The second-order valence-corrected chi connectivity index (χ2v) is 13.0. The molecule has 256 valence electrons. The van der Waals surface area contributed by atoms with Crippen molar-refractivity contribution in [2.24, 2.45) is 0 Å². The van der Waals surface area contributed by atoms with E-state index in [2.05, 4.69) is 16.0 Å². The number of rotatable bonds is 15. The van der Waals surface area contributed by atoms with Gasteiger partial charge in [0.25, 0.3) is 0 Å². The maximum atomic E-state index is 15.4. The van der Waals surface area contributed by atoms with Gasteiger partial charge in [0.15, 0.2) is 0 Å². The second kappa shape index (κ2) is 18.6. The molecule has 1 aliphatic heterocycles. The number of hydrogen-bond donors (Lipinski definition) is 3. The third kappa shape index (κ3) is 11.5. The summed E-state index contributed by atoms with van der Waals surface area (Å²) in [5, 5.41) is 6.79. The molecule has 1 fully saturated rings. The zero-order valence-corrected chi connectivity index (χ0v) is 27.4. The number of morpholine rings is 1. The molecule has 13 heteroatoms. The van der Waals surface area contributed by atoms with E-state index in [9.17, 15) is 22.8 Å². The molecule has 1 unspecified atom stereocenters. The minimum absolute atomic E-state index is 0.118. The molecule has 3 aromatic carbocycles. The topological polar surface area (TPSA) is 143 Å². The fourth-order valence-electron chi connectivity index (χ4n) is 4.96. The van der Waals surface area contributed by atoms with Gasteiger partial charge in [-0.1, -0.05) is 78.9 Å². The van der Waals surface area contributed by atoms with Gasteiger partial charge in [-0.05, 0) is 48.6 Å². The molecule has 4 rings (SSSR count). The second-order valence-electron chi connectivity index (χ2n) is 11.2. The number of amides is 4. The van der Waals surface area contributed by atoms with Gasteiger partial charge in [-0.2, -0.15) is 4.39 Å². The van der Waals surface area contributed by atoms with Crippen molar-refractivity contribution in [1.29, 1.82) is 0 Å². The van der Waals surface area contributed by atoms with Gasteiger partial charge in [-0.25, -0.2) is 18.0 Å². The van der Waals surface area contributed by atoms with Crippen molar-refractivity contribution in [3.05, 3.63) is 113 Å². The van der Waals surface area contributed by atoms with Gasteiger partial charge in [0, 0.05) is 26.1 Å². The van der Waals surface area contributed by atoms with Crippen molar-refractivity contribution in [3.8, 4) is 0 Å². The summed E-state index contributed by atoms with van der Waals surface area (Å²) in [4.78, 5) is 40.2. The minimum atomic E-state index is -4.47. The first kappa shape index (κ1) is 36.1. The van der Waals surface area contributed by atoms with Gasteiger partial charge >= 0.3 is 12.1 Å². The van der Waals surface area contributed by atoms with Crippen molar-refractivity contribution in [1.82, 2.24) is 20.9 Å². The molecule has 3 aromatic rings. The quantitative estimate of drug-likeness (QED) is 0.201. The van der Waals surface area contributed by atoms with E-state index < -0.39 is 45.1 Å². The van der Waals surface area contributed by atoms with Crippen LogP contribution in [-0.4, -0.2) is 76.3 Å². The molecule has 11 nitrogen and oxygen atoms in total. The van der Waals surface area contributed by atoms with Crippen molar-refractivity contribution in [2.45, 2.75) is 49.3 Å². The molecule has 1 aliphatic rings. The monoisotopic (exact) mass is 680 g/mol. The molecule has 0 bridgehead atoms.